The zero-order valence-electron chi connectivity index (χ0n) is 8.57. The Labute approximate surface area is 91.4 Å². The van der Waals surface area contributed by atoms with Gasteiger partial charge in [-0.05, 0) is 19.9 Å². The van der Waals surface area contributed by atoms with Crippen molar-refractivity contribution < 1.29 is 18.6 Å². The number of methoxy groups -OCH3 is 1. The first-order chi connectivity index (χ1) is 6.79. The van der Waals surface area contributed by atoms with Gasteiger partial charge in [0.15, 0.2) is 11.6 Å². The van der Waals surface area contributed by atoms with Crippen LogP contribution < -0.4 is 4.74 Å². The normalized spacial score (nSPS) is 11.7. The van der Waals surface area contributed by atoms with Gasteiger partial charge in [-0.2, -0.15) is 0 Å². The molecule has 0 spiro atoms. The molecule has 0 fully saturated rings. The van der Waals surface area contributed by atoms with Crippen LogP contribution in [0, 0.1) is 11.6 Å². The lowest BCUT2D eigenvalue weighted by Crippen LogP contribution is -2.18. The summed E-state index contributed by atoms with van der Waals surface area (Å²) in [5.74, 6) is -2.17. The van der Waals surface area contributed by atoms with E-state index in [0.717, 1.165) is 6.07 Å². The lowest BCUT2D eigenvalue weighted by molar-refractivity contribution is 0.0745. The van der Waals surface area contributed by atoms with Gasteiger partial charge in [-0.1, -0.05) is 11.6 Å². The Kier molecular flexibility index (Phi) is 3.21. The van der Waals surface area contributed by atoms with E-state index in [1.54, 1.807) is 0 Å². The molecule has 0 bridgehead atoms. The molecule has 0 heterocycles. The molecule has 1 rings (SSSR count). The predicted octanol–water partition coefficient (Wildman–Crippen LogP) is 2.85. The van der Waals surface area contributed by atoms with E-state index < -0.39 is 22.3 Å². The van der Waals surface area contributed by atoms with Gasteiger partial charge in [-0.25, -0.2) is 8.78 Å². The van der Waals surface area contributed by atoms with Crippen LogP contribution in [0.15, 0.2) is 6.07 Å². The minimum atomic E-state index is -1.41. The number of ether oxygens (including phenoxy) is 1. The molecule has 1 aromatic carbocycles. The van der Waals surface area contributed by atoms with Gasteiger partial charge in [0.1, 0.15) is 10.8 Å². The van der Waals surface area contributed by atoms with E-state index in [4.69, 9.17) is 16.3 Å². The van der Waals surface area contributed by atoms with Crippen LogP contribution in [0.3, 0.4) is 0 Å². The summed E-state index contributed by atoms with van der Waals surface area (Å²) in [6, 6.07) is 0.963. The average molecular weight is 237 g/mol. The minimum absolute atomic E-state index is 0.0180. The third kappa shape index (κ3) is 2.21. The lowest BCUT2D eigenvalue weighted by Gasteiger charge is -2.21. The Morgan fingerprint density at radius 1 is 1.40 bits per heavy atom. The van der Waals surface area contributed by atoms with Crippen molar-refractivity contribution in [3.8, 4) is 5.75 Å². The molecule has 0 radical (unpaired) electrons. The Balaban J connectivity index is 3.53. The summed E-state index contributed by atoms with van der Waals surface area (Å²) in [5.41, 5.74) is -1.39. The van der Waals surface area contributed by atoms with E-state index in [1.165, 1.54) is 21.0 Å². The minimum Gasteiger partial charge on any atom is -0.493 e. The zero-order chi connectivity index (χ0) is 11.8. The smallest absolute Gasteiger partial charge is 0.186 e. The molecule has 0 amide bonds. The van der Waals surface area contributed by atoms with Crippen LogP contribution >= 0.6 is 11.6 Å². The van der Waals surface area contributed by atoms with Crippen molar-refractivity contribution in [1.29, 1.82) is 0 Å². The first-order valence-electron chi connectivity index (χ1n) is 4.23. The van der Waals surface area contributed by atoms with Crippen molar-refractivity contribution in [3.05, 3.63) is 28.3 Å². The van der Waals surface area contributed by atoms with E-state index in [2.05, 4.69) is 0 Å². The molecule has 0 saturated heterocycles. The molecule has 84 valence electrons. The molecule has 1 aromatic rings. The second-order valence-corrected chi connectivity index (χ2v) is 4.00. The average Bonchev–Trinajstić information content (AvgIpc) is 2.12. The van der Waals surface area contributed by atoms with Crippen molar-refractivity contribution >= 4 is 11.6 Å². The maximum absolute atomic E-state index is 13.4. The molecule has 0 atom stereocenters. The van der Waals surface area contributed by atoms with Crippen LogP contribution in [0.5, 0.6) is 5.75 Å². The van der Waals surface area contributed by atoms with Crippen LogP contribution in [0.25, 0.3) is 0 Å². The summed E-state index contributed by atoms with van der Waals surface area (Å²) in [4.78, 5) is 0. The summed E-state index contributed by atoms with van der Waals surface area (Å²) < 4.78 is 31.3. The molecular weight excluding hydrogens is 226 g/mol. The van der Waals surface area contributed by atoms with Gasteiger partial charge in [-0.3, -0.25) is 0 Å². The number of hydrogen-bond acceptors (Lipinski definition) is 2. The lowest BCUT2D eigenvalue weighted by atomic mass is 9.97. The van der Waals surface area contributed by atoms with Crippen molar-refractivity contribution in [2.75, 3.05) is 7.11 Å². The van der Waals surface area contributed by atoms with Crippen LogP contribution in [0.2, 0.25) is 5.02 Å². The van der Waals surface area contributed by atoms with Gasteiger partial charge in [0, 0.05) is 5.56 Å². The standard InChI is InChI=1S/C10H11ClF2O2/c1-10(2,14)5-4-6(12)7(11)8(13)9(5)15-3/h4,14H,1-3H3. The highest BCUT2D eigenvalue weighted by molar-refractivity contribution is 6.31. The van der Waals surface area contributed by atoms with Gasteiger partial charge < -0.3 is 9.84 Å². The number of hydrogen-bond donors (Lipinski definition) is 1. The van der Waals surface area contributed by atoms with Crippen molar-refractivity contribution in [3.63, 3.8) is 0 Å². The summed E-state index contributed by atoms with van der Waals surface area (Å²) >= 11 is 5.37. The Bertz CT molecular complexity index is 386. The molecule has 0 aliphatic rings. The SMILES string of the molecule is COc1c(C(C)(C)O)cc(F)c(Cl)c1F. The van der Waals surface area contributed by atoms with Crippen molar-refractivity contribution in [2.45, 2.75) is 19.4 Å². The maximum atomic E-state index is 13.4. The third-order valence-electron chi connectivity index (χ3n) is 1.98. The monoisotopic (exact) mass is 236 g/mol. The Morgan fingerprint density at radius 2 is 1.93 bits per heavy atom. The van der Waals surface area contributed by atoms with Crippen LogP contribution in [-0.4, -0.2) is 12.2 Å². The molecule has 0 aromatic heterocycles. The van der Waals surface area contributed by atoms with Crippen LogP contribution in [0.1, 0.15) is 19.4 Å². The highest BCUT2D eigenvalue weighted by Gasteiger charge is 2.27. The maximum Gasteiger partial charge on any atom is 0.186 e. The summed E-state index contributed by atoms with van der Waals surface area (Å²) in [6.45, 7) is 2.80. The molecular formula is C10H11ClF2O2. The highest BCUT2D eigenvalue weighted by Crippen LogP contribution is 2.36. The van der Waals surface area contributed by atoms with E-state index in [9.17, 15) is 13.9 Å². The van der Waals surface area contributed by atoms with Crippen LogP contribution in [-0.2, 0) is 5.60 Å². The molecule has 0 saturated carbocycles. The molecule has 0 aliphatic carbocycles. The van der Waals surface area contributed by atoms with E-state index in [1.807, 2.05) is 0 Å². The fraction of sp³-hybridized carbons (Fsp3) is 0.400. The van der Waals surface area contributed by atoms with Gasteiger partial charge in [-0.15, -0.1) is 0 Å². The molecule has 1 N–H and O–H groups in total. The van der Waals surface area contributed by atoms with Crippen molar-refractivity contribution in [1.82, 2.24) is 0 Å². The molecule has 15 heavy (non-hydrogen) atoms. The summed E-state index contributed by atoms with van der Waals surface area (Å²) in [6.07, 6.45) is 0. The van der Waals surface area contributed by atoms with Gasteiger partial charge >= 0.3 is 0 Å². The Morgan fingerprint density at radius 3 is 2.33 bits per heavy atom. The third-order valence-corrected chi connectivity index (χ3v) is 2.33. The summed E-state index contributed by atoms with van der Waals surface area (Å²) in [5, 5.41) is 9.05. The van der Waals surface area contributed by atoms with E-state index >= 15 is 0 Å². The largest absolute Gasteiger partial charge is 0.493 e. The van der Waals surface area contributed by atoms with E-state index in [-0.39, 0.29) is 11.3 Å². The summed E-state index contributed by atoms with van der Waals surface area (Å²) in [7, 11) is 1.22. The molecule has 2 nitrogen and oxygen atoms in total. The first kappa shape index (κ1) is 12.2. The second-order valence-electron chi connectivity index (χ2n) is 3.63. The number of rotatable bonds is 2. The molecule has 0 unspecified atom stereocenters. The highest BCUT2D eigenvalue weighted by atomic mass is 35.5. The first-order valence-corrected chi connectivity index (χ1v) is 4.61. The topological polar surface area (TPSA) is 29.5 Å². The Hall–Kier alpha value is -0.870. The zero-order valence-corrected chi connectivity index (χ0v) is 9.32. The number of benzene rings is 1. The van der Waals surface area contributed by atoms with Crippen LogP contribution in [0.4, 0.5) is 8.78 Å². The number of aliphatic hydroxyl groups is 1. The fourth-order valence-electron chi connectivity index (χ4n) is 1.23. The van der Waals surface area contributed by atoms with E-state index in [0.29, 0.717) is 0 Å². The van der Waals surface area contributed by atoms with Gasteiger partial charge in [0.2, 0.25) is 0 Å². The predicted molar refractivity (Wildman–Crippen MR) is 53.2 cm³/mol. The molecule has 5 heteroatoms. The van der Waals surface area contributed by atoms with Gasteiger partial charge in [0.05, 0.1) is 12.7 Å². The second kappa shape index (κ2) is 3.94. The van der Waals surface area contributed by atoms with Crippen molar-refractivity contribution in [2.24, 2.45) is 0 Å². The molecule has 0 aliphatic heterocycles. The number of halogens is 3. The fourth-order valence-corrected chi connectivity index (χ4v) is 1.37. The van der Waals surface area contributed by atoms with Gasteiger partial charge in [0.25, 0.3) is 0 Å². The quantitative estimate of drug-likeness (QED) is 0.800.